The molecule has 0 radical (unpaired) electrons. The Kier molecular flexibility index (Phi) is 5.72. The molecule has 0 fully saturated rings. The topological polar surface area (TPSA) is 149 Å². The number of benzene rings is 2. The van der Waals surface area contributed by atoms with Gasteiger partial charge >= 0.3 is 5.69 Å². The van der Waals surface area contributed by atoms with Gasteiger partial charge in [0.05, 0.1) is 15.9 Å². The van der Waals surface area contributed by atoms with Crippen molar-refractivity contribution in [2.45, 2.75) is 11.8 Å². The molecular formula is C13H11N3O6S. The number of non-ortho nitro benzene ring substituents is 1. The van der Waals surface area contributed by atoms with E-state index in [2.05, 4.69) is 4.98 Å². The van der Waals surface area contributed by atoms with E-state index in [1.165, 1.54) is 12.1 Å². The van der Waals surface area contributed by atoms with Crippen LogP contribution >= 0.6 is 0 Å². The summed E-state index contributed by atoms with van der Waals surface area (Å²) in [6.45, 7) is 1.82. The van der Waals surface area contributed by atoms with Crippen LogP contribution in [0.2, 0.25) is 0 Å². The molecule has 0 heterocycles. The lowest BCUT2D eigenvalue weighted by molar-refractivity contribution is -0.384. The Hall–Kier alpha value is -3.03. The van der Waals surface area contributed by atoms with Gasteiger partial charge in [0.15, 0.2) is 4.98 Å². The minimum Gasteiger partial charge on any atom is -0.744 e. The zero-order valence-corrected chi connectivity index (χ0v) is 12.6. The van der Waals surface area contributed by atoms with E-state index in [-0.39, 0.29) is 16.3 Å². The lowest BCUT2D eigenvalue weighted by atomic mass is 10.2. The van der Waals surface area contributed by atoms with Gasteiger partial charge in [0, 0.05) is 12.1 Å². The largest absolute Gasteiger partial charge is 0.744 e. The molecule has 2 rings (SSSR count). The molecule has 0 spiro atoms. The van der Waals surface area contributed by atoms with Gasteiger partial charge in [-0.3, -0.25) is 10.1 Å². The number of hydrogen-bond donors (Lipinski definition) is 1. The summed E-state index contributed by atoms with van der Waals surface area (Å²) in [5.41, 5.74) is 0.581. The van der Waals surface area contributed by atoms with Gasteiger partial charge in [-0.15, -0.1) is 0 Å². The first-order valence-electron chi connectivity index (χ1n) is 6.00. The molecule has 9 nitrogen and oxygen atoms in total. The number of aromatic hydroxyl groups is 1. The SMILES string of the molecule is Cc1ccc(S(=O)(=O)[O-])cc1.N#[N+]c1ccc([N+](=O)[O-])cc1O. The Bertz CT molecular complexity index is 856. The molecule has 120 valence electrons. The quantitative estimate of drug-likeness (QED) is 0.383. The van der Waals surface area contributed by atoms with Crippen LogP contribution in [0.5, 0.6) is 5.75 Å². The number of hydrogen-bond acceptors (Lipinski definition) is 7. The minimum atomic E-state index is -4.27. The second-order valence-electron chi connectivity index (χ2n) is 4.30. The van der Waals surface area contributed by atoms with Crippen LogP contribution in [-0.2, 0) is 10.1 Å². The molecule has 0 unspecified atom stereocenters. The van der Waals surface area contributed by atoms with Crippen molar-refractivity contribution >= 4 is 21.5 Å². The first-order chi connectivity index (χ1) is 10.6. The number of nitrogens with zero attached hydrogens (tertiary/aromatic N) is 3. The number of phenolic OH excluding ortho intramolecular Hbond substituents is 1. The maximum atomic E-state index is 10.4. The molecule has 23 heavy (non-hydrogen) atoms. The molecule has 10 heteroatoms. The third-order valence-corrected chi connectivity index (χ3v) is 3.44. The van der Waals surface area contributed by atoms with E-state index in [0.717, 1.165) is 23.8 Å². The monoisotopic (exact) mass is 337 g/mol. The van der Waals surface area contributed by atoms with Crippen LogP contribution in [0.25, 0.3) is 4.98 Å². The van der Waals surface area contributed by atoms with Crippen molar-refractivity contribution in [3.05, 3.63) is 63.1 Å². The molecule has 2 aromatic carbocycles. The highest BCUT2D eigenvalue weighted by Crippen LogP contribution is 2.29. The molecule has 2 aromatic rings. The lowest BCUT2D eigenvalue weighted by Crippen LogP contribution is -1.97. The fourth-order valence-electron chi connectivity index (χ4n) is 1.41. The summed E-state index contributed by atoms with van der Waals surface area (Å²) in [6.07, 6.45) is 0. The Labute approximate surface area is 131 Å². The second kappa shape index (κ2) is 7.30. The molecule has 0 aliphatic heterocycles. The molecule has 0 aromatic heterocycles. The van der Waals surface area contributed by atoms with Gasteiger partial charge in [-0.2, -0.15) is 0 Å². The summed E-state index contributed by atoms with van der Waals surface area (Å²) in [5.74, 6) is -0.424. The Morgan fingerprint density at radius 3 is 2.13 bits per heavy atom. The van der Waals surface area contributed by atoms with Gasteiger partial charge in [0.2, 0.25) is 11.1 Å². The minimum absolute atomic E-state index is 0.0967. The van der Waals surface area contributed by atoms with E-state index in [4.69, 9.17) is 10.5 Å². The number of nitro groups is 1. The van der Waals surface area contributed by atoms with Crippen LogP contribution in [-0.4, -0.2) is 23.0 Å². The van der Waals surface area contributed by atoms with Gasteiger partial charge in [-0.05, 0) is 19.1 Å². The van der Waals surface area contributed by atoms with Crippen molar-refractivity contribution in [2.24, 2.45) is 0 Å². The maximum Gasteiger partial charge on any atom is 0.426 e. The Morgan fingerprint density at radius 1 is 1.17 bits per heavy atom. The summed E-state index contributed by atoms with van der Waals surface area (Å²) in [7, 11) is -4.27. The number of nitro benzene ring substituents is 1. The van der Waals surface area contributed by atoms with E-state index in [1.54, 1.807) is 12.1 Å². The van der Waals surface area contributed by atoms with Crippen LogP contribution in [0.3, 0.4) is 0 Å². The first-order valence-corrected chi connectivity index (χ1v) is 7.41. The van der Waals surface area contributed by atoms with E-state index >= 15 is 0 Å². The van der Waals surface area contributed by atoms with Crippen LogP contribution in [0.15, 0.2) is 47.4 Å². The smallest absolute Gasteiger partial charge is 0.426 e. The lowest BCUT2D eigenvalue weighted by Gasteiger charge is -2.05. The number of diazo groups is 1. The van der Waals surface area contributed by atoms with Gasteiger partial charge in [0.25, 0.3) is 5.69 Å². The highest BCUT2D eigenvalue weighted by molar-refractivity contribution is 7.85. The van der Waals surface area contributed by atoms with Crippen molar-refractivity contribution < 1.29 is 23.0 Å². The number of phenols is 1. The van der Waals surface area contributed by atoms with Crippen LogP contribution in [0.1, 0.15) is 5.56 Å². The Balaban J connectivity index is 0.000000231. The van der Waals surface area contributed by atoms with Crippen LogP contribution in [0, 0.1) is 22.4 Å². The van der Waals surface area contributed by atoms with E-state index in [1.807, 2.05) is 6.92 Å². The summed E-state index contributed by atoms with van der Waals surface area (Å²) >= 11 is 0. The molecule has 0 aliphatic carbocycles. The molecule has 0 amide bonds. The average Bonchev–Trinajstić information content (AvgIpc) is 2.47. The molecule has 0 saturated heterocycles. The van der Waals surface area contributed by atoms with Gasteiger partial charge in [-0.25, -0.2) is 8.42 Å². The fraction of sp³-hybridized carbons (Fsp3) is 0.0769. The molecule has 0 aliphatic rings. The van der Waals surface area contributed by atoms with Gasteiger partial charge in [0.1, 0.15) is 10.1 Å². The highest BCUT2D eigenvalue weighted by atomic mass is 32.2. The predicted octanol–water partition coefficient (Wildman–Crippen LogP) is 2.68. The number of aryl methyl sites for hydroxylation is 1. The zero-order chi connectivity index (χ0) is 17.6. The van der Waals surface area contributed by atoms with Crippen molar-refractivity contribution in [1.82, 2.24) is 0 Å². The van der Waals surface area contributed by atoms with Crippen LogP contribution in [0.4, 0.5) is 11.4 Å². The summed E-state index contributed by atoms with van der Waals surface area (Å²) in [6, 6.07) is 8.97. The van der Waals surface area contributed by atoms with E-state index in [9.17, 15) is 23.1 Å². The third kappa shape index (κ3) is 5.34. The van der Waals surface area contributed by atoms with E-state index < -0.39 is 20.8 Å². The fourth-order valence-corrected chi connectivity index (χ4v) is 1.88. The first kappa shape index (κ1) is 18.0. The second-order valence-corrected chi connectivity index (χ2v) is 5.68. The van der Waals surface area contributed by atoms with Crippen LogP contribution < -0.4 is 0 Å². The Morgan fingerprint density at radius 2 is 1.74 bits per heavy atom. The molecule has 0 saturated carbocycles. The summed E-state index contributed by atoms with van der Waals surface area (Å²) < 4.78 is 31.2. The molecule has 1 N–H and O–H groups in total. The maximum absolute atomic E-state index is 10.4. The normalized spacial score (nSPS) is 10.1. The van der Waals surface area contributed by atoms with Gasteiger partial charge < -0.3 is 9.66 Å². The van der Waals surface area contributed by atoms with Crippen molar-refractivity contribution in [2.75, 3.05) is 0 Å². The van der Waals surface area contributed by atoms with Crippen molar-refractivity contribution in [3.8, 4) is 5.75 Å². The average molecular weight is 337 g/mol. The van der Waals surface area contributed by atoms with E-state index in [0.29, 0.717) is 0 Å². The number of rotatable bonds is 2. The zero-order valence-electron chi connectivity index (χ0n) is 11.8. The highest BCUT2D eigenvalue weighted by Gasteiger charge is 2.17. The third-order valence-electron chi connectivity index (χ3n) is 2.59. The summed E-state index contributed by atoms with van der Waals surface area (Å²) in [5, 5.41) is 27.4. The van der Waals surface area contributed by atoms with Crippen molar-refractivity contribution in [1.29, 1.82) is 5.39 Å². The van der Waals surface area contributed by atoms with Gasteiger partial charge in [-0.1, -0.05) is 17.7 Å². The molecular weight excluding hydrogens is 326 g/mol. The molecule has 0 bridgehead atoms. The summed E-state index contributed by atoms with van der Waals surface area (Å²) in [4.78, 5) is 12.0. The predicted molar refractivity (Wildman–Crippen MR) is 78.6 cm³/mol. The van der Waals surface area contributed by atoms with Crippen molar-refractivity contribution in [3.63, 3.8) is 0 Å². The molecule has 0 atom stereocenters. The standard InChI is InChI=1S/C7H8O3S.C6H3N3O3/c1-6-2-4-7(5-3-6)11(8,9)10;7-8-5-2-1-4(9(11)12)3-6(5)10/h2-5H,1H3,(H,8,9,10);1-3H.